The molecule has 2 aromatic rings. The van der Waals surface area contributed by atoms with E-state index in [1.165, 1.54) is 11.5 Å². The minimum atomic E-state index is 0.841. The Morgan fingerprint density at radius 3 is 2.62 bits per heavy atom. The Balaban J connectivity index is 2.67. The van der Waals surface area contributed by atoms with Crippen LogP contribution in [0.4, 0.5) is 5.82 Å². The van der Waals surface area contributed by atoms with Crippen LogP contribution in [0.1, 0.15) is 19.4 Å². The summed E-state index contributed by atoms with van der Waals surface area (Å²) in [5.74, 6) is 1.03. The van der Waals surface area contributed by atoms with E-state index >= 15 is 0 Å². The van der Waals surface area contributed by atoms with Crippen molar-refractivity contribution in [2.45, 2.75) is 20.8 Å². The average molecular weight is 255 g/mol. The number of hydrogen-bond acceptors (Lipinski definition) is 3. The number of fused-ring (bicyclic) bond motifs is 1. The molecule has 0 bridgehead atoms. The van der Waals surface area contributed by atoms with Crippen molar-refractivity contribution in [2.75, 3.05) is 18.0 Å². The van der Waals surface area contributed by atoms with E-state index < -0.39 is 0 Å². The Kier molecular flexibility index (Phi) is 3.36. The zero-order valence-electron chi connectivity index (χ0n) is 9.75. The van der Waals surface area contributed by atoms with Crippen molar-refractivity contribution in [1.82, 2.24) is 4.37 Å². The van der Waals surface area contributed by atoms with Crippen molar-refractivity contribution in [3.05, 3.63) is 22.7 Å². The molecule has 2 rings (SSSR count). The minimum absolute atomic E-state index is 0.841. The fourth-order valence-corrected chi connectivity index (χ4v) is 2.93. The van der Waals surface area contributed by atoms with Crippen molar-refractivity contribution in [2.24, 2.45) is 0 Å². The van der Waals surface area contributed by atoms with Gasteiger partial charge in [0, 0.05) is 13.1 Å². The van der Waals surface area contributed by atoms with E-state index in [1.54, 1.807) is 0 Å². The minimum Gasteiger partial charge on any atom is -0.356 e. The molecule has 0 amide bonds. The van der Waals surface area contributed by atoms with Gasteiger partial charge in [0.25, 0.3) is 0 Å². The molecule has 1 aromatic carbocycles. The Bertz CT molecular complexity index is 503. The topological polar surface area (TPSA) is 16.1 Å². The van der Waals surface area contributed by atoms with Crippen LogP contribution in [0.5, 0.6) is 0 Å². The van der Waals surface area contributed by atoms with Gasteiger partial charge in [0.2, 0.25) is 0 Å². The van der Waals surface area contributed by atoms with Gasteiger partial charge in [0.1, 0.15) is 0 Å². The van der Waals surface area contributed by atoms with Gasteiger partial charge in [-0.1, -0.05) is 17.7 Å². The molecule has 0 unspecified atom stereocenters. The second-order valence-corrected chi connectivity index (χ2v) is 4.93. The van der Waals surface area contributed by atoms with Crippen LogP contribution in [0.25, 0.3) is 10.1 Å². The molecular formula is C12H15ClN2S. The number of rotatable bonds is 3. The Morgan fingerprint density at radius 1 is 1.31 bits per heavy atom. The Hall–Kier alpha value is -0.800. The Labute approximate surface area is 105 Å². The van der Waals surface area contributed by atoms with Crippen molar-refractivity contribution >= 4 is 39.0 Å². The van der Waals surface area contributed by atoms with Gasteiger partial charge in [-0.05, 0) is 43.9 Å². The maximum absolute atomic E-state index is 6.37. The standard InChI is InChI=1S/C12H15ClN2S/c1-4-15(5-2)12-10-9(16-14-12)7-6-8(3)11(10)13/h6-7H,4-5H2,1-3H3. The zero-order chi connectivity index (χ0) is 11.7. The van der Waals surface area contributed by atoms with E-state index in [2.05, 4.69) is 35.3 Å². The number of benzene rings is 1. The molecule has 1 heterocycles. The highest BCUT2D eigenvalue weighted by Gasteiger charge is 2.15. The van der Waals surface area contributed by atoms with Crippen LogP contribution in [-0.2, 0) is 0 Å². The molecule has 0 N–H and O–H groups in total. The van der Waals surface area contributed by atoms with E-state index in [0.29, 0.717) is 0 Å². The molecule has 16 heavy (non-hydrogen) atoms. The van der Waals surface area contributed by atoms with Crippen molar-refractivity contribution < 1.29 is 0 Å². The average Bonchev–Trinajstić information content (AvgIpc) is 2.70. The summed E-state index contributed by atoms with van der Waals surface area (Å²) in [7, 11) is 0. The second-order valence-electron chi connectivity index (χ2n) is 3.75. The smallest absolute Gasteiger partial charge is 0.151 e. The van der Waals surface area contributed by atoms with Crippen molar-refractivity contribution in [3.63, 3.8) is 0 Å². The molecule has 4 heteroatoms. The van der Waals surface area contributed by atoms with Gasteiger partial charge in [-0.2, -0.15) is 4.37 Å². The van der Waals surface area contributed by atoms with Gasteiger partial charge in [0.15, 0.2) is 5.82 Å². The third kappa shape index (κ3) is 1.78. The summed E-state index contributed by atoms with van der Waals surface area (Å²) in [5, 5.41) is 1.95. The largest absolute Gasteiger partial charge is 0.356 e. The molecule has 0 aliphatic rings. The van der Waals surface area contributed by atoms with E-state index in [9.17, 15) is 0 Å². The number of aromatic nitrogens is 1. The van der Waals surface area contributed by atoms with E-state index in [0.717, 1.165) is 39.6 Å². The molecule has 86 valence electrons. The van der Waals surface area contributed by atoms with Gasteiger partial charge in [-0.15, -0.1) is 0 Å². The maximum Gasteiger partial charge on any atom is 0.151 e. The normalized spacial score (nSPS) is 11.0. The first-order valence-electron chi connectivity index (χ1n) is 5.48. The molecule has 0 aliphatic heterocycles. The lowest BCUT2D eigenvalue weighted by atomic mass is 10.2. The highest BCUT2D eigenvalue weighted by atomic mass is 35.5. The first-order valence-corrected chi connectivity index (χ1v) is 6.63. The number of hydrogen-bond donors (Lipinski definition) is 0. The lowest BCUT2D eigenvalue weighted by molar-refractivity contribution is 0.859. The van der Waals surface area contributed by atoms with Crippen molar-refractivity contribution in [1.29, 1.82) is 0 Å². The highest BCUT2D eigenvalue weighted by molar-refractivity contribution is 7.13. The third-order valence-electron chi connectivity index (χ3n) is 2.81. The molecule has 2 nitrogen and oxygen atoms in total. The highest BCUT2D eigenvalue weighted by Crippen LogP contribution is 2.36. The van der Waals surface area contributed by atoms with Crippen LogP contribution in [0.15, 0.2) is 12.1 Å². The van der Waals surface area contributed by atoms with Crippen LogP contribution >= 0.6 is 23.1 Å². The van der Waals surface area contributed by atoms with Crippen molar-refractivity contribution in [3.8, 4) is 0 Å². The van der Waals surface area contributed by atoms with Crippen LogP contribution < -0.4 is 4.90 Å². The van der Waals surface area contributed by atoms with Crippen LogP contribution in [0, 0.1) is 6.92 Å². The molecule has 0 saturated heterocycles. The number of anilines is 1. The van der Waals surface area contributed by atoms with Gasteiger partial charge in [-0.25, -0.2) is 0 Å². The van der Waals surface area contributed by atoms with E-state index in [-0.39, 0.29) is 0 Å². The Morgan fingerprint density at radius 2 is 2.00 bits per heavy atom. The summed E-state index contributed by atoms with van der Waals surface area (Å²) in [5.41, 5.74) is 1.11. The summed E-state index contributed by atoms with van der Waals surface area (Å²) in [6, 6.07) is 4.15. The molecule has 1 aromatic heterocycles. The molecule has 0 saturated carbocycles. The number of halogens is 1. The predicted molar refractivity (Wildman–Crippen MR) is 72.9 cm³/mol. The second kappa shape index (κ2) is 4.60. The SMILES string of the molecule is CCN(CC)c1nsc2ccc(C)c(Cl)c12. The molecule has 0 radical (unpaired) electrons. The lowest BCUT2D eigenvalue weighted by Crippen LogP contribution is -2.22. The molecule has 0 spiro atoms. The molecule has 0 aliphatic carbocycles. The summed E-state index contributed by atoms with van der Waals surface area (Å²) >= 11 is 7.89. The quantitative estimate of drug-likeness (QED) is 0.820. The maximum atomic E-state index is 6.37. The summed E-state index contributed by atoms with van der Waals surface area (Å²) in [6.07, 6.45) is 0. The number of aryl methyl sites for hydroxylation is 1. The van der Waals surface area contributed by atoms with E-state index in [4.69, 9.17) is 11.6 Å². The van der Waals surface area contributed by atoms with Gasteiger partial charge >= 0.3 is 0 Å². The van der Waals surface area contributed by atoms with E-state index in [1.807, 2.05) is 6.92 Å². The number of nitrogens with zero attached hydrogens (tertiary/aromatic N) is 2. The van der Waals surface area contributed by atoms with Crippen LogP contribution in [0.2, 0.25) is 5.02 Å². The fraction of sp³-hybridized carbons (Fsp3) is 0.417. The van der Waals surface area contributed by atoms with Crippen LogP contribution in [0.3, 0.4) is 0 Å². The van der Waals surface area contributed by atoms with Gasteiger partial charge < -0.3 is 4.90 Å². The zero-order valence-corrected chi connectivity index (χ0v) is 11.3. The predicted octanol–water partition coefficient (Wildman–Crippen LogP) is 4.10. The molecule has 0 fully saturated rings. The fourth-order valence-electron chi connectivity index (χ4n) is 1.82. The first kappa shape index (κ1) is 11.7. The lowest BCUT2D eigenvalue weighted by Gasteiger charge is -2.18. The van der Waals surface area contributed by atoms with Gasteiger partial charge in [-0.3, -0.25) is 0 Å². The summed E-state index contributed by atoms with van der Waals surface area (Å²) in [6.45, 7) is 8.22. The summed E-state index contributed by atoms with van der Waals surface area (Å²) < 4.78 is 5.69. The molecule has 0 atom stereocenters. The summed E-state index contributed by atoms with van der Waals surface area (Å²) in [4.78, 5) is 2.24. The van der Waals surface area contributed by atoms with Crippen LogP contribution in [-0.4, -0.2) is 17.5 Å². The van der Waals surface area contributed by atoms with Gasteiger partial charge in [0.05, 0.1) is 15.1 Å². The third-order valence-corrected chi connectivity index (χ3v) is 4.10. The first-order chi connectivity index (χ1) is 7.69. The monoisotopic (exact) mass is 254 g/mol. The molecular weight excluding hydrogens is 240 g/mol.